The van der Waals surface area contributed by atoms with E-state index in [9.17, 15) is 14.7 Å². The molecule has 0 unspecified atom stereocenters. The molecule has 0 bridgehead atoms. The molecule has 1 amide bonds. The minimum Gasteiger partial charge on any atom is -0.481 e. The predicted octanol–water partition coefficient (Wildman–Crippen LogP) is 5.19. The van der Waals surface area contributed by atoms with E-state index >= 15 is 0 Å². The maximum atomic E-state index is 12.4. The minimum absolute atomic E-state index is 0.0157. The predicted molar refractivity (Wildman–Crippen MR) is 126 cm³/mol. The third-order valence-corrected chi connectivity index (χ3v) is 7.90. The van der Waals surface area contributed by atoms with Crippen molar-refractivity contribution in [2.24, 2.45) is 0 Å². The number of rotatable bonds is 6. The van der Waals surface area contributed by atoms with E-state index in [1.807, 2.05) is 20.8 Å². The zero-order chi connectivity index (χ0) is 23.8. The molecular weight excluding hydrogens is 442 g/mol. The Balaban J connectivity index is 1.47. The Morgan fingerprint density at radius 3 is 2.61 bits per heavy atom. The maximum Gasteiger partial charge on any atom is 0.408 e. The quantitative estimate of drug-likeness (QED) is 0.591. The first-order valence-corrected chi connectivity index (χ1v) is 12.6. The number of carbonyl (C=O) groups is 2. The first kappa shape index (κ1) is 23.7. The number of aliphatic carboxylic acids is 1. The summed E-state index contributed by atoms with van der Waals surface area (Å²) in [7, 11) is 0. The van der Waals surface area contributed by atoms with Gasteiger partial charge in [0.25, 0.3) is 0 Å². The molecule has 2 aliphatic rings. The monoisotopic (exact) mass is 475 g/mol. The van der Waals surface area contributed by atoms with Crippen LogP contribution in [0.15, 0.2) is 6.33 Å². The molecule has 2 aromatic rings. The number of carboxylic acids is 1. The number of nitrogens with one attached hydrogen (secondary N) is 1. The summed E-state index contributed by atoms with van der Waals surface area (Å²) in [4.78, 5) is 34.7. The average molecular weight is 476 g/mol. The highest BCUT2D eigenvalue weighted by Crippen LogP contribution is 2.47. The van der Waals surface area contributed by atoms with E-state index in [2.05, 4.69) is 22.2 Å². The molecule has 33 heavy (non-hydrogen) atoms. The van der Waals surface area contributed by atoms with Gasteiger partial charge < -0.3 is 19.9 Å². The van der Waals surface area contributed by atoms with Crippen molar-refractivity contribution in [3.05, 3.63) is 16.8 Å². The number of amides is 1. The first-order chi connectivity index (χ1) is 15.6. The average Bonchev–Trinajstić information content (AvgIpc) is 3.28. The zero-order valence-corrected chi connectivity index (χ0v) is 20.6. The van der Waals surface area contributed by atoms with Crippen molar-refractivity contribution in [2.45, 2.75) is 102 Å². The number of hydrogen-bond acceptors (Lipinski definition) is 7. The van der Waals surface area contributed by atoms with Crippen LogP contribution in [0.3, 0.4) is 0 Å². The van der Waals surface area contributed by atoms with Crippen LogP contribution in [0.25, 0.3) is 10.2 Å². The summed E-state index contributed by atoms with van der Waals surface area (Å²) < 4.78 is 11.9. The van der Waals surface area contributed by atoms with E-state index < -0.39 is 11.6 Å². The molecule has 180 valence electrons. The fraction of sp³-hybridized carbons (Fsp3) is 0.667. The first-order valence-electron chi connectivity index (χ1n) is 11.7. The number of carboxylic acid groups (broad SMARTS) is 1. The summed E-state index contributed by atoms with van der Waals surface area (Å²) in [5.74, 6) is -0.243. The molecule has 8 nitrogen and oxygen atoms in total. The molecule has 0 saturated heterocycles. The topological polar surface area (TPSA) is 111 Å². The van der Waals surface area contributed by atoms with E-state index in [1.165, 1.54) is 11.2 Å². The SMILES string of the molecule is CCC1(NC(=O)OC(C)(C)C)CCC(Oc2ncnc3sc4c(c23)[C@@H](CC(=O)O)CC4)CC1. The van der Waals surface area contributed by atoms with Crippen molar-refractivity contribution >= 4 is 33.6 Å². The fourth-order valence-electron chi connectivity index (χ4n) is 5.05. The second-order valence-electron chi connectivity index (χ2n) is 10.2. The van der Waals surface area contributed by atoms with Gasteiger partial charge in [-0.3, -0.25) is 4.79 Å². The van der Waals surface area contributed by atoms with E-state index in [4.69, 9.17) is 9.47 Å². The number of nitrogens with zero attached hydrogens (tertiary/aromatic N) is 2. The lowest BCUT2D eigenvalue weighted by Crippen LogP contribution is -2.52. The van der Waals surface area contributed by atoms with Crippen LogP contribution in [0.4, 0.5) is 4.79 Å². The van der Waals surface area contributed by atoms with E-state index in [-0.39, 0.29) is 30.1 Å². The number of thiophene rings is 1. The molecule has 9 heteroatoms. The Morgan fingerprint density at radius 1 is 1.24 bits per heavy atom. The second kappa shape index (κ2) is 9.08. The summed E-state index contributed by atoms with van der Waals surface area (Å²) in [6.07, 6.45) is 6.98. The zero-order valence-electron chi connectivity index (χ0n) is 19.8. The van der Waals surface area contributed by atoms with E-state index in [1.54, 1.807) is 11.3 Å². The number of hydrogen-bond donors (Lipinski definition) is 2. The van der Waals surface area contributed by atoms with E-state index in [0.717, 1.165) is 60.7 Å². The standard InChI is InChI=1S/C24H33N3O5S/c1-5-24(27-22(30)32-23(2,3)4)10-8-15(9-11-24)31-20-19-18-14(12-17(28)29)6-7-16(18)33-21(19)26-13-25-20/h13-15H,5-12H2,1-4H3,(H,27,30)(H,28,29)/t14-,15?,24?/m1/s1. The number of ether oxygens (including phenoxy) is 2. The van der Waals surface area contributed by atoms with Gasteiger partial charge in [-0.05, 0) is 77.2 Å². The van der Waals surface area contributed by atoms with Crippen LogP contribution in [-0.4, -0.2) is 44.4 Å². The Labute approximate surface area is 198 Å². The largest absolute Gasteiger partial charge is 0.481 e. The van der Waals surface area contributed by atoms with Crippen LogP contribution >= 0.6 is 11.3 Å². The van der Waals surface area contributed by atoms with Crippen molar-refractivity contribution in [3.63, 3.8) is 0 Å². The molecule has 1 atom stereocenters. The number of alkyl carbamates (subject to hydrolysis) is 1. The van der Waals surface area contributed by atoms with Crippen molar-refractivity contribution in [1.29, 1.82) is 0 Å². The van der Waals surface area contributed by atoms with Gasteiger partial charge in [0.15, 0.2) is 0 Å². The van der Waals surface area contributed by atoms with Crippen LogP contribution in [0, 0.1) is 0 Å². The van der Waals surface area contributed by atoms with Crippen LogP contribution in [0.5, 0.6) is 5.88 Å². The van der Waals surface area contributed by atoms with Crippen molar-refractivity contribution in [2.75, 3.05) is 0 Å². The Kier molecular flexibility index (Phi) is 6.53. The van der Waals surface area contributed by atoms with Crippen LogP contribution in [-0.2, 0) is 16.0 Å². The smallest absolute Gasteiger partial charge is 0.408 e. The molecule has 2 aliphatic carbocycles. The molecule has 1 saturated carbocycles. The summed E-state index contributed by atoms with van der Waals surface area (Å²) in [5.41, 5.74) is 0.245. The highest BCUT2D eigenvalue weighted by molar-refractivity contribution is 7.19. The summed E-state index contributed by atoms with van der Waals surface area (Å²) in [6.45, 7) is 7.67. The molecule has 1 fully saturated rings. The molecule has 0 aromatic carbocycles. The second-order valence-corrected chi connectivity index (χ2v) is 11.3. The van der Waals surface area contributed by atoms with Crippen molar-refractivity contribution in [1.82, 2.24) is 15.3 Å². The highest BCUT2D eigenvalue weighted by Gasteiger charge is 2.38. The molecule has 4 rings (SSSR count). The molecular formula is C24H33N3O5S. The Morgan fingerprint density at radius 2 is 1.97 bits per heavy atom. The summed E-state index contributed by atoms with van der Waals surface area (Å²) in [5, 5.41) is 13.3. The molecule has 2 N–H and O–H groups in total. The van der Waals surface area contributed by atoms with Gasteiger partial charge in [0.2, 0.25) is 5.88 Å². The fourth-order valence-corrected chi connectivity index (χ4v) is 6.28. The molecule has 0 aliphatic heterocycles. The van der Waals surface area contributed by atoms with Crippen molar-refractivity contribution < 1.29 is 24.2 Å². The normalized spacial score (nSPS) is 25.0. The van der Waals surface area contributed by atoms with Gasteiger partial charge in [0.05, 0.1) is 11.8 Å². The minimum atomic E-state index is -0.785. The lowest BCUT2D eigenvalue weighted by atomic mass is 9.78. The van der Waals surface area contributed by atoms with Gasteiger partial charge in [-0.1, -0.05) is 6.92 Å². The van der Waals surface area contributed by atoms with Crippen LogP contribution in [0.1, 0.15) is 89.0 Å². The third kappa shape index (κ3) is 5.23. The molecule has 2 aromatic heterocycles. The number of aromatic nitrogens is 2. The Bertz CT molecular complexity index is 1040. The van der Waals surface area contributed by atoms with Gasteiger partial charge >= 0.3 is 12.1 Å². The van der Waals surface area contributed by atoms with Crippen molar-refractivity contribution in [3.8, 4) is 5.88 Å². The summed E-state index contributed by atoms with van der Waals surface area (Å²) >= 11 is 1.62. The maximum absolute atomic E-state index is 12.4. The number of aryl methyl sites for hydroxylation is 1. The number of carbonyl (C=O) groups excluding carboxylic acids is 1. The Hall–Kier alpha value is -2.42. The lowest BCUT2D eigenvalue weighted by molar-refractivity contribution is -0.137. The van der Waals surface area contributed by atoms with Crippen LogP contribution in [0.2, 0.25) is 0 Å². The molecule has 0 radical (unpaired) electrons. The van der Waals surface area contributed by atoms with Gasteiger partial charge in [-0.15, -0.1) is 11.3 Å². The molecule has 0 spiro atoms. The molecule has 2 heterocycles. The van der Waals surface area contributed by atoms with Gasteiger partial charge in [-0.2, -0.15) is 0 Å². The van der Waals surface area contributed by atoms with Crippen LogP contribution < -0.4 is 10.1 Å². The van der Waals surface area contributed by atoms with E-state index in [0.29, 0.717) is 5.88 Å². The van der Waals surface area contributed by atoms with Gasteiger partial charge in [-0.25, -0.2) is 14.8 Å². The summed E-state index contributed by atoms with van der Waals surface area (Å²) in [6, 6.07) is 0. The number of fused-ring (bicyclic) bond motifs is 3. The highest BCUT2D eigenvalue weighted by atomic mass is 32.1. The lowest BCUT2D eigenvalue weighted by Gasteiger charge is -2.40. The third-order valence-electron chi connectivity index (χ3n) is 6.73. The van der Waals surface area contributed by atoms with Gasteiger partial charge in [0.1, 0.15) is 22.9 Å². The van der Waals surface area contributed by atoms with Gasteiger partial charge in [0, 0.05) is 10.4 Å².